The van der Waals surface area contributed by atoms with Crippen LogP contribution < -0.4 is 0 Å². The number of aromatic amines is 1. The zero-order valence-corrected chi connectivity index (χ0v) is 9.79. The van der Waals surface area contributed by atoms with Gasteiger partial charge in [0.25, 0.3) is 0 Å². The Hall–Kier alpha value is -1.12. The van der Waals surface area contributed by atoms with Gasteiger partial charge in [-0.1, -0.05) is 27.2 Å². The van der Waals surface area contributed by atoms with Gasteiger partial charge in [0.15, 0.2) is 0 Å². The van der Waals surface area contributed by atoms with Gasteiger partial charge in [-0.2, -0.15) is 0 Å². The molecule has 1 aromatic heterocycles. The number of hydrogen-bond donors (Lipinski definition) is 1. The lowest BCUT2D eigenvalue weighted by Gasteiger charge is -2.14. The average molecular weight is 208 g/mol. The number of H-pyrrole nitrogens is 1. The van der Waals surface area contributed by atoms with Crippen molar-refractivity contribution in [1.82, 2.24) is 9.97 Å². The number of nitrogens with one attached hydrogen (secondary N) is 1. The molecule has 0 aliphatic heterocycles. The third kappa shape index (κ3) is 3.50. The first-order chi connectivity index (χ1) is 7.15. The van der Waals surface area contributed by atoms with Gasteiger partial charge < -0.3 is 4.98 Å². The summed E-state index contributed by atoms with van der Waals surface area (Å²) in [6.07, 6.45) is 6.28. The molecule has 0 saturated carbocycles. The maximum Gasteiger partial charge on any atom is 0.138 e. The molecule has 0 aliphatic carbocycles. The fourth-order valence-corrected chi connectivity index (χ4v) is 1.89. The summed E-state index contributed by atoms with van der Waals surface area (Å²) >= 11 is 0. The Morgan fingerprint density at radius 1 is 1.47 bits per heavy atom. The van der Waals surface area contributed by atoms with Crippen LogP contribution in [-0.2, 0) is 11.2 Å². The van der Waals surface area contributed by atoms with E-state index >= 15 is 0 Å². The van der Waals surface area contributed by atoms with Crippen LogP contribution in [0.25, 0.3) is 0 Å². The van der Waals surface area contributed by atoms with Crippen molar-refractivity contribution in [3.05, 3.63) is 18.2 Å². The number of Topliss-reactive ketones (excluding diaryl/α,β-unsaturated/α-hetero) is 1. The Balaban J connectivity index is 2.46. The minimum Gasteiger partial charge on any atom is -0.348 e. The first-order valence-electron chi connectivity index (χ1n) is 5.66. The highest BCUT2D eigenvalue weighted by atomic mass is 16.1. The third-order valence-electron chi connectivity index (χ3n) is 2.77. The van der Waals surface area contributed by atoms with Crippen LogP contribution in [0.2, 0.25) is 0 Å². The van der Waals surface area contributed by atoms with Gasteiger partial charge in [0.2, 0.25) is 0 Å². The minimum atomic E-state index is 0.0898. The fourth-order valence-electron chi connectivity index (χ4n) is 1.89. The first-order valence-corrected chi connectivity index (χ1v) is 5.66. The molecule has 2 atom stereocenters. The number of ketones is 1. The summed E-state index contributed by atoms with van der Waals surface area (Å²) in [6, 6.07) is 0. The van der Waals surface area contributed by atoms with Crippen molar-refractivity contribution in [2.45, 2.75) is 40.0 Å². The summed E-state index contributed by atoms with van der Waals surface area (Å²) in [4.78, 5) is 18.9. The molecule has 1 N–H and O–H groups in total. The van der Waals surface area contributed by atoms with Crippen LogP contribution in [0.5, 0.6) is 0 Å². The molecule has 0 radical (unpaired) electrons. The van der Waals surface area contributed by atoms with Gasteiger partial charge in [0, 0.05) is 23.7 Å². The topological polar surface area (TPSA) is 45.8 Å². The van der Waals surface area contributed by atoms with Crippen molar-refractivity contribution in [2.75, 3.05) is 0 Å². The van der Waals surface area contributed by atoms with Gasteiger partial charge >= 0.3 is 0 Å². The second kappa shape index (κ2) is 5.69. The lowest BCUT2D eigenvalue weighted by molar-refractivity contribution is -0.126. The lowest BCUT2D eigenvalue weighted by atomic mass is 9.89. The molecule has 0 saturated heterocycles. The molecular weight excluding hydrogens is 188 g/mol. The fraction of sp³-hybridized carbons (Fsp3) is 0.667. The van der Waals surface area contributed by atoms with Crippen LogP contribution in [0.3, 0.4) is 0 Å². The highest BCUT2D eigenvalue weighted by Gasteiger charge is 2.19. The highest BCUT2D eigenvalue weighted by molar-refractivity contribution is 5.82. The Kier molecular flexibility index (Phi) is 4.53. The Morgan fingerprint density at radius 3 is 2.73 bits per heavy atom. The molecule has 3 heteroatoms. The van der Waals surface area contributed by atoms with Crippen molar-refractivity contribution < 1.29 is 4.79 Å². The predicted octanol–water partition coefficient (Wildman–Crippen LogP) is 2.59. The number of hydrogen-bond acceptors (Lipinski definition) is 2. The largest absolute Gasteiger partial charge is 0.348 e. The zero-order valence-electron chi connectivity index (χ0n) is 9.79. The van der Waals surface area contributed by atoms with Crippen LogP contribution in [0, 0.1) is 11.8 Å². The molecule has 0 bridgehead atoms. The quantitative estimate of drug-likeness (QED) is 0.781. The number of carbonyl (C=O) groups excluding carboxylic acids is 1. The molecule has 1 unspecified atom stereocenters. The molecule has 0 aromatic carbocycles. The second-order valence-corrected chi connectivity index (χ2v) is 4.27. The van der Waals surface area contributed by atoms with Crippen molar-refractivity contribution in [2.24, 2.45) is 11.8 Å². The normalized spacial score (nSPS) is 14.9. The average Bonchev–Trinajstić information content (AvgIpc) is 2.69. The molecule has 3 nitrogen and oxygen atoms in total. The summed E-state index contributed by atoms with van der Waals surface area (Å²) < 4.78 is 0. The SMILES string of the molecule is CCCC(C)C(=O)[C@@H](C)Cc1cnc[nH]1. The van der Waals surface area contributed by atoms with E-state index in [1.54, 1.807) is 12.5 Å². The van der Waals surface area contributed by atoms with Crippen LogP contribution in [0.15, 0.2) is 12.5 Å². The smallest absolute Gasteiger partial charge is 0.138 e. The number of aromatic nitrogens is 2. The number of imidazole rings is 1. The van der Waals surface area contributed by atoms with Gasteiger partial charge in [0.1, 0.15) is 5.78 Å². The Morgan fingerprint density at radius 2 is 2.20 bits per heavy atom. The molecule has 0 spiro atoms. The van der Waals surface area contributed by atoms with E-state index in [0.29, 0.717) is 5.78 Å². The summed E-state index contributed by atoms with van der Waals surface area (Å²) in [5.74, 6) is 0.645. The molecule has 15 heavy (non-hydrogen) atoms. The predicted molar refractivity (Wildman–Crippen MR) is 60.5 cm³/mol. The monoisotopic (exact) mass is 208 g/mol. The van der Waals surface area contributed by atoms with E-state index in [1.165, 1.54) is 0 Å². The summed E-state index contributed by atoms with van der Waals surface area (Å²) in [7, 11) is 0. The standard InChI is InChI=1S/C12H20N2O/c1-4-5-9(2)12(15)10(3)6-11-7-13-8-14-11/h7-10H,4-6H2,1-3H3,(H,13,14)/t9?,10-/m0/s1. The van der Waals surface area contributed by atoms with Gasteiger partial charge in [-0.25, -0.2) is 4.98 Å². The van der Waals surface area contributed by atoms with E-state index in [0.717, 1.165) is 25.0 Å². The van der Waals surface area contributed by atoms with Gasteiger partial charge in [0.05, 0.1) is 6.33 Å². The van der Waals surface area contributed by atoms with Crippen LogP contribution in [0.4, 0.5) is 0 Å². The number of rotatable bonds is 6. The van der Waals surface area contributed by atoms with Crippen molar-refractivity contribution in [3.63, 3.8) is 0 Å². The van der Waals surface area contributed by atoms with E-state index < -0.39 is 0 Å². The van der Waals surface area contributed by atoms with Crippen molar-refractivity contribution in [1.29, 1.82) is 0 Å². The van der Waals surface area contributed by atoms with Gasteiger partial charge in [-0.05, 0) is 12.8 Å². The van der Waals surface area contributed by atoms with E-state index in [-0.39, 0.29) is 11.8 Å². The van der Waals surface area contributed by atoms with Gasteiger partial charge in [-0.3, -0.25) is 4.79 Å². The van der Waals surface area contributed by atoms with Crippen molar-refractivity contribution >= 4 is 5.78 Å². The zero-order chi connectivity index (χ0) is 11.3. The molecule has 84 valence electrons. The van der Waals surface area contributed by atoms with E-state index in [1.807, 2.05) is 13.8 Å². The summed E-state index contributed by atoms with van der Waals surface area (Å²) in [6.45, 7) is 6.13. The third-order valence-corrected chi connectivity index (χ3v) is 2.77. The first kappa shape index (κ1) is 12.0. The Labute approximate surface area is 91.3 Å². The molecule has 0 fully saturated rings. The lowest BCUT2D eigenvalue weighted by Crippen LogP contribution is -2.21. The summed E-state index contributed by atoms with van der Waals surface area (Å²) in [5, 5.41) is 0. The molecule has 1 rings (SSSR count). The minimum absolute atomic E-state index is 0.0898. The van der Waals surface area contributed by atoms with E-state index in [9.17, 15) is 4.79 Å². The van der Waals surface area contributed by atoms with Gasteiger partial charge in [-0.15, -0.1) is 0 Å². The van der Waals surface area contributed by atoms with Crippen LogP contribution in [0.1, 0.15) is 39.3 Å². The molecule has 1 aromatic rings. The molecule has 0 aliphatic rings. The maximum absolute atomic E-state index is 11.9. The second-order valence-electron chi connectivity index (χ2n) is 4.27. The van der Waals surface area contributed by atoms with E-state index in [2.05, 4.69) is 16.9 Å². The molecule has 0 amide bonds. The number of carbonyl (C=O) groups is 1. The maximum atomic E-state index is 11.9. The Bertz CT molecular complexity index is 293. The van der Waals surface area contributed by atoms with Crippen molar-refractivity contribution in [3.8, 4) is 0 Å². The summed E-state index contributed by atoms with van der Waals surface area (Å²) in [5.41, 5.74) is 1.04. The highest BCUT2D eigenvalue weighted by Crippen LogP contribution is 2.15. The van der Waals surface area contributed by atoms with Crippen LogP contribution >= 0.6 is 0 Å². The van der Waals surface area contributed by atoms with E-state index in [4.69, 9.17) is 0 Å². The molecule has 1 heterocycles. The molecular formula is C12H20N2O. The number of nitrogens with zero attached hydrogens (tertiary/aromatic N) is 1. The van der Waals surface area contributed by atoms with Crippen LogP contribution in [-0.4, -0.2) is 15.8 Å².